The van der Waals surface area contributed by atoms with E-state index in [-0.39, 0.29) is 17.9 Å². The van der Waals surface area contributed by atoms with Crippen molar-refractivity contribution in [3.05, 3.63) is 0 Å². The summed E-state index contributed by atoms with van der Waals surface area (Å²) in [7, 11) is 0. The third kappa shape index (κ3) is 5.02. The van der Waals surface area contributed by atoms with Crippen LogP contribution < -0.4 is 0 Å². The molecule has 1 aliphatic heterocycles. The molecule has 0 atom stereocenters. The summed E-state index contributed by atoms with van der Waals surface area (Å²) in [6.07, 6.45) is 1.57. The number of piperidine rings is 1. The first-order valence-corrected chi connectivity index (χ1v) is 7.21. The molecule has 0 bridgehead atoms. The molecule has 5 heteroatoms. The Morgan fingerprint density at radius 3 is 2.05 bits per heavy atom. The first kappa shape index (κ1) is 16.8. The molecule has 1 heterocycles. The Hall–Kier alpha value is -1.26. The van der Waals surface area contributed by atoms with Gasteiger partial charge in [0.15, 0.2) is 0 Å². The number of nitrogens with zero attached hydrogens (tertiary/aromatic N) is 1. The third-order valence-electron chi connectivity index (χ3n) is 3.86. The summed E-state index contributed by atoms with van der Waals surface area (Å²) < 4.78 is 5.36. The van der Waals surface area contributed by atoms with E-state index in [1.54, 1.807) is 4.90 Å². The maximum atomic E-state index is 12.0. The average molecular weight is 285 g/mol. The van der Waals surface area contributed by atoms with E-state index in [1.165, 1.54) is 0 Å². The molecule has 0 radical (unpaired) electrons. The minimum Gasteiger partial charge on any atom is -0.481 e. The molecule has 0 aromatic heterocycles. The lowest BCUT2D eigenvalue weighted by atomic mass is 9.72. The van der Waals surface area contributed by atoms with E-state index in [0.717, 1.165) is 12.8 Å². The largest absolute Gasteiger partial charge is 0.481 e. The van der Waals surface area contributed by atoms with E-state index in [0.29, 0.717) is 19.0 Å². The van der Waals surface area contributed by atoms with E-state index in [1.807, 2.05) is 34.6 Å². The Bertz CT molecular complexity index is 363. The lowest BCUT2D eigenvalue weighted by molar-refractivity contribution is -0.140. The highest BCUT2D eigenvalue weighted by Gasteiger charge is 2.36. The summed E-state index contributed by atoms with van der Waals surface area (Å²) >= 11 is 0. The lowest BCUT2D eigenvalue weighted by Gasteiger charge is -2.40. The molecule has 1 rings (SSSR count). The number of amides is 1. The number of hydrogen-bond acceptors (Lipinski definition) is 3. The van der Waals surface area contributed by atoms with Gasteiger partial charge in [-0.1, -0.05) is 13.8 Å². The number of carbonyl (C=O) groups excluding carboxylic acids is 1. The van der Waals surface area contributed by atoms with Crippen molar-refractivity contribution in [3.63, 3.8) is 0 Å². The second kappa shape index (κ2) is 6.02. The van der Waals surface area contributed by atoms with Crippen LogP contribution in [0.1, 0.15) is 53.9 Å². The molecule has 20 heavy (non-hydrogen) atoms. The monoisotopic (exact) mass is 285 g/mol. The molecule has 0 unspecified atom stereocenters. The Labute approximate surface area is 121 Å². The van der Waals surface area contributed by atoms with E-state index >= 15 is 0 Å². The van der Waals surface area contributed by atoms with Crippen LogP contribution in [0, 0.1) is 11.3 Å². The van der Waals surface area contributed by atoms with Gasteiger partial charge in [-0.25, -0.2) is 4.79 Å². The summed E-state index contributed by atoms with van der Waals surface area (Å²) in [5.74, 6) is -0.429. The van der Waals surface area contributed by atoms with Gasteiger partial charge in [-0.05, 0) is 44.9 Å². The Kier molecular flexibility index (Phi) is 5.05. The zero-order chi connectivity index (χ0) is 15.6. The molecule has 1 N–H and O–H groups in total. The highest BCUT2D eigenvalue weighted by Crippen LogP contribution is 2.37. The van der Waals surface area contributed by atoms with Crippen molar-refractivity contribution in [2.75, 3.05) is 13.1 Å². The van der Waals surface area contributed by atoms with Gasteiger partial charge in [0.1, 0.15) is 5.60 Å². The molecule has 0 saturated carbocycles. The summed E-state index contributed by atoms with van der Waals surface area (Å²) in [5, 5.41) is 8.96. The molecule has 5 nitrogen and oxygen atoms in total. The summed E-state index contributed by atoms with van der Waals surface area (Å²) in [6.45, 7) is 10.8. The molecule has 1 amide bonds. The van der Waals surface area contributed by atoms with Crippen molar-refractivity contribution in [3.8, 4) is 0 Å². The van der Waals surface area contributed by atoms with Crippen molar-refractivity contribution < 1.29 is 19.4 Å². The van der Waals surface area contributed by atoms with Crippen molar-refractivity contribution >= 4 is 12.1 Å². The third-order valence-corrected chi connectivity index (χ3v) is 3.86. The predicted octanol–water partition coefficient (Wildman–Crippen LogP) is 3.13. The van der Waals surface area contributed by atoms with Gasteiger partial charge < -0.3 is 14.7 Å². The normalized spacial score (nSPS) is 17.9. The Morgan fingerprint density at radius 2 is 1.65 bits per heavy atom. The maximum absolute atomic E-state index is 12.0. The first-order chi connectivity index (χ1) is 9.01. The van der Waals surface area contributed by atoms with Gasteiger partial charge in [-0.15, -0.1) is 0 Å². The zero-order valence-electron chi connectivity index (χ0n) is 13.2. The van der Waals surface area contributed by atoms with Crippen LogP contribution in [-0.4, -0.2) is 40.8 Å². The van der Waals surface area contributed by atoms with E-state index in [2.05, 4.69) is 0 Å². The van der Waals surface area contributed by atoms with E-state index in [9.17, 15) is 9.59 Å². The van der Waals surface area contributed by atoms with E-state index < -0.39 is 11.6 Å². The number of hydrogen-bond donors (Lipinski definition) is 1. The highest BCUT2D eigenvalue weighted by molar-refractivity contribution is 5.68. The molecule has 0 aliphatic carbocycles. The lowest BCUT2D eigenvalue weighted by Crippen LogP contribution is -2.44. The van der Waals surface area contributed by atoms with Gasteiger partial charge in [0.25, 0.3) is 0 Å². The molecule has 116 valence electrons. The molecule has 1 saturated heterocycles. The van der Waals surface area contributed by atoms with Crippen LogP contribution in [0.4, 0.5) is 4.79 Å². The van der Waals surface area contributed by atoms with Gasteiger partial charge in [-0.2, -0.15) is 0 Å². The highest BCUT2D eigenvalue weighted by atomic mass is 16.6. The SMILES string of the molecule is CC(C)(C)OC(=O)N1CCC(C(C)(C)CC(=O)O)CC1. The molecular weight excluding hydrogens is 258 g/mol. The maximum Gasteiger partial charge on any atom is 0.410 e. The zero-order valence-corrected chi connectivity index (χ0v) is 13.2. The fraction of sp³-hybridized carbons (Fsp3) is 0.867. The molecule has 1 fully saturated rings. The van der Waals surface area contributed by atoms with E-state index in [4.69, 9.17) is 9.84 Å². The topological polar surface area (TPSA) is 66.8 Å². The summed E-state index contributed by atoms with van der Waals surface area (Å²) in [6, 6.07) is 0. The smallest absolute Gasteiger partial charge is 0.410 e. The van der Waals surface area contributed by atoms with Crippen LogP contribution in [0.2, 0.25) is 0 Å². The molecule has 1 aliphatic rings. The second-order valence-electron chi connectivity index (χ2n) is 7.30. The van der Waals surface area contributed by atoms with Crippen LogP contribution >= 0.6 is 0 Å². The number of rotatable bonds is 3. The quantitative estimate of drug-likeness (QED) is 0.865. The van der Waals surface area contributed by atoms with Crippen LogP contribution in [0.25, 0.3) is 0 Å². The molecule has 0 spiro atoms. The van der Waals surface area contributed by atoms with Crippen molar-refractivity contribution in [1.29, 1.82) is 0 Å². The predicted molar refractivity (Wildman–Crippen MR) is 76.6 cm³/mol. The molecular formula is C15H27NO4. The summed E-state index contributed by atoms with van der Waals surface area (Å²) in [4.78, 5) is 24.6. The number of carboxylic acid groups (broad SMARTS) is 1. The number of likely N-dealkylation sites (tertiary alicyclic amines) is 1. The minimum absolute atomic E-state index is 0.171. The Morgan fingerprint density at radius 1 is 1.15 bits per heavy atom. The number of aliphatic carboxylic acids is 1. The van der Waals surface area contributed by atoms with Gasteiger partial charge in [-0.3, -0.25) is 4.79 Å². The average Bonchev–Trinajstić information content (AvgIpc) is 2.25. The van der Waals surface area contributed by atoms with Crippen molar-refractivity contribution in [2.45, 2.75) is 59.5 Å². The standard InChI is InChI=1S/C15H27NO4/c1-14(2,3)20-13(19)16-8-6-11(7-9-16)15(4,5)10-12(17)18/h11H,6-10H2,1-5H3,(H,17,18). The first-order valence-electron chi connectivity index (χ1n) is 7.21. The van der Waals surface area contributed by atoms with Crippen LogP contribution in [-0.2, 0) is 9.53 Å². The fourth-order valence-electron chi connectivity index (χ4n) is 2.70. The number of ether oxygens (including phenoxy) is 1. The fourth-order valence-corrected chi connectivity index (χ4v) is 2.70. The van der Waals surface area contributed by atoms with Gasteiger partial charge in [0.2, 0.25) is 0 Å². The van der Waals surface area contributed by atoms with Gasteiger partial charge in [0, 0.05) is 13.1 Å². The van der Waals surface area contributed by atoms with Crippen LogP contribution in [0.5, 0.6) is 0 Å². The van der Waals surface area contributed by atoms with Crippen molar-refractivity contribution in [1.82, 2.24) is 4.90 Å². The second-order valence-corrected chi connectivity index (χ2v) is 7.30. The number of carboxylic acids is 1. The number of carbonyl (C=O) groups is 2. The van der Waals surface area contributed by atoms with Crippen LogP contribution in [0.3, 0.4) is 0 Å². The molecule has 0 aromatic rings. The minimum atomic E-state index is -0.760. The summed E-state index contributed by atoms with van der Waals surface area (Å²) in [5.41, 5.74) is -0.706. The molecule has 0 aromatic carbocycles. The van der Waals surface area contributed by atoms with Gasteiger partial charge >= 0.3 is 12.1 Å². The van der Waals surface area contributed by atoms with Gasteiger partial charge in [0.05, 0.1) is 6.42 Å². The van der Waals surface area contributed by atoms with Crippen molar-refractivity contribution in [2.24, 2.45) is 11.3 Å². The Balaban J connectivity index is 2.51. The van der Waals surface area contributed by atoms with Crippen LogP contribution in [0.15, 0.2) is 0 Å².